The molecule has 18 heavy (non-hydrogen) atoms. The number of hydrogen-bond acceptors (Lipinski definition) is 4. The van der Waals surface area contributed by atoms with E-state index in [9.17, 15) is 5.11 Å². The normalized spacial score (nSPS) is 17.2. The molecule has 0 saturated carbocycles. The van der Waals surface area contributed by atoms with E-state index < -0.39 is 0 Å². The van der Waals surface area contributed by atoms with Crippen LogP contribution in [0.5, 0.6) is 5.75 Å². The predicted octanol–water partition coefficient (Wildman–Crippen LogP) is 2.46. The highest BCUT2D eigenvalue weighted by molar-refractivity contribution is 7.99. The number of benzene rings is 1. The first kappa shape index (κ1) is 14.0. The van der Waals surface area contributed by atoms with Crippen molar-refractivity contribution in [2.75, 3.05) is 37.9 Å². The van der Waals surface area contributed by atoms with Gasteiger partial charge in [-0.15, -0.1) is 0 Å². The average Bonchev–Trinajstić information content (AvgIpc) is 2.32. The summed E-state index contributed by atoms with van der Waals surface area (Å²) in [5.74, 6) is 2.61. The quantitative estimate of drug-likeness (QED) is 0.782. The van der Waals surface area contributed by atoms with E-state index in [-0.39, 0.29) is 12.0 Å². The van der Waals surface area contributed by atoms with E-state index in [2.05, 4.69) is 0 Å². The highest BCUT2D eigenvalue weighted by Crippen LogP contribution is 2.30. The van der Waals surface area contributed by atoms with E-state index in [1.807, 2.05) is 18.2 Å². The molecule has 0 spiro atoms. The van der Waals surface area contributed by atoms with Crippen LogP contribution in [0.1, 0.15) is 0 Å². The molecule has 0 bridgehead atoms. The molecule has 1 aromatic carbocycles. The van der Waals surface area contributed by atoms with Gasteiger partial charge in [0.25, 0.3) is 0 Å². The Bertz CT molecular complexity index is 377. The molecule has 1 aliphatic heterocycles. The zero-order chi connectivity index (χ0) is 12.8. The van der Waals surface area contributed by atoms with Crippen molar-refractivity contribution < 1.29 is 14.6 Å². The Balaban J connectivity index is 1.61. The van der Waals surface area contributed by atoms with Crippen molar-refractivity contribution in [3.63, 3.8) is 0 Å². The Morgan fingerprint density at radius 3 is 2.89 bits per heavy atom. The summed E-state index contributed by atoms with van der Waals surface area (Å²) in [6.45, 7) is 2.19. The van der Waals surface area contributed by atoms with E-state index >= 15 is 0 Å². The third-order valence-corrected chi connectivity index (χ3v) is 4.36. The maximum atomic E-state index is 9.26. The molecule has 1 saturated heterocycles. The first-order chi connectivity index (χ1) is 8.74. The molecule has 5 heteroatoms. The Hall–Kier alpha value is -0.420. The number of rotatable bonds is 7. The Morgan fingerprint density at radius 1 is 1.44 bits per heavy atom. The molecule has 0 radical (unpaired) electrons. The minimum Gasteiger partial charge on any atom is -0.493 e. The van der Waals surface area contributed by atoms with E-state index in [1.165, 1.54) is 0 Å². The van der Waals surface area contributed by atoms with Crippen LogP contribution in [0.15, 0.2) is 24.3 Å². The third kappa shape index (κ3) is 3.79. The van der Waals surface area contributed by atoms with Crippen LogP contribution in [0.2, 0.25) is 5.02 Å². The molecule has 1 fully saturated rings. The Kier molecular flexibility index (Phi) is 5.18. The van der Waals surface area contributed by atoms with Gasteiger partial charge in [0.1, 0.15) is 5.75 Å². The Morgan fingerprint density at radius 2 is 2.28 bits per heavy atom. The van der Waals surface area contributed by atoms with Gasteiger partial charge in [0, 0.05) is 21.9 Å². The van der Waals surface area contributed by atoms with Crippen molar-refractivity contribution in [1.82, 2.24) is 0 Å². The summed E-state index contributed by atoms with van der Waals surface area (Å²) in [7, 11) is 0. The smallest absolute Gasteiger partial charge is 0.120 e. The maximum absolute atomic E-state index is 9.26. The zero-order valence-corrected chi connectivity index (χ0v) is 11.7. The van der Waals surface area contributed by atoms with Gasteiger partial charge in [-0.3, -0.25) is 0 Å². The lowest BCUT2D eigenvalue weighted by Crippen LogP contribution is -2.47. The van der Waals surface area contributed by atoms with Gasteiger partial charge < -0.3 is 14.6 Å². The summed E-state index contributed by atoms with van der Waals surface area (Å²) in [6, 6.07) is 7.40. The largest absolute Gasteiger partial charge is 0.493 e. The molecule has 0 atom stereocenters. The Labute approximate surface area is 116 Å². The topological polar surface area (TPSA) is 38.7 Å². The molecule has 0 aromatic heterocycles. The van der Waals surface area contributed by atoms with Crippen LogP contribution in [0.3, 0.4) is 0 Å². The van der Waals surface area contributed by atoms with Crippen molar-refractivity contribution in [2.24, 2.45) is 5.41 Å². The lowest BCUT2D eigenvalue weighted by Gasteiger charge is -2.39. The number of thioether (sulfide) groups is 1. The molecule has 3 nitrogen and oxygen atoms in total. The first-order valence-electron chi connectivity index (χ1n) is 5.89. The summed E-state index contributed by atoms with van der Waals surface area (Å²) in [6.07, 6.45) is 0. The third-order valence-electron chi connectivity index (χ3n) is 2.85. The molecular formula is C13H17ClO3S. The van der Waals surface area contributed by atoms with E-state index in [1.54, 1.807) is 17.8 Å². The van der Waals surface area contributed by atoms with E-state index in [0.29, 0.717) is 24.8 Å². The second kappa shape index (κ2) is 6.66. The number of aliphatic hydroxyl groups excluding tert-OH is 1. The fourth-order valence-electron chi connectivity index (χ4n) is 1.67. The summed E-state index contributed by atoms with van der Waals surface area (Å²) >= 11 is 7.65. The number of aliphatic hydroxyl groups is 1. The van der Waals surface area contributed by atoms with Gasteiger partial charge in [-0.2, -0.15) is 11.8 Å². The number of halogens is 1. The second-order valence-electron chi connectivity index (χ2n) is 4.51. The molecule has 0 unspecified atom stereocenters. The summed E-state index contributed by atoms with van der Waals surface area (Å²) in [5.41, 5.74) is -0.0132. The van der Waals surface area contributed by atoms with Crippen LogP contribution in [-0.2, 0) is 4.74 Å². The second-order valence-corrected chi connectivity index (χ2v) is 6.05. The monoisotopic (exact) mass is 288 g/mol. The fourth-order valence-corrected chi connectivity index (χ4v) is 2.89. The van der Waals surface area contributed by atoms with Crippen molar-refractivity contribution in [3.05, 3.63) is 29.3 Å². The molecular weight excluding hydrogens is 272 g/mol. The van der Waals surface area contributed by atoms with Crippen molar-refractivity contribution in [3.8, 4) is 5.75 Å². The van der Waals surface area contributed by atoms with Crippen molar-refractivity contribution in [1.29, 1.82) is 0 Å². The number of hydrogen-bond donors (Lipinski definition) is 1. The summed E-state index contributed by atoms with van der Waals surface area (Å²) < 4.78 is 10.7. The van der Waals surface area contributed by atoms with Gasteiger partial charge in [0.15, 0.2) is 0 Å². The molecule has 1 aliphatic rings. The highest BCUT2D eigenvalue weighted by atomic mass is 35.5. The molecule has 1 N–H and O–H groups in total. The minimum atomic E-state index is -0.0132. The van der Waals surface area contributed by atoms with E-state index in [4.69, 9.17) is 21.1 Å². The lowest BCUT2D eigenvalue weighted by atomic mass is 9.90. The van der Waals surface area contributed by atoms with Crippen LogP contribution in [-0.4, -0.2) is 43.0 Å². The van der Waals surface area contributed by atoms with Crippen molar-refractivity contribution >= 4 is 23.4 Å². The average molecular weight is 289 g/mol. The van der Waals surface area contributed by atoms with Gasteiger partial charge in [0.2, 0.25) is 0 Å². The van der Waals surface area contributed by atoms with Gasteiger partial charge in [0.05, 0.1) is 26.4 Å². The summed E-state index contributed by atoms with van der Waals surface area (Å²) in [5, 5.41) is 9.95. The van der Waals surface area contributed by atoms with Gasteiger partial charge in [-0.25, -0.2) is 0 Å². The molecule has 1 heterocycles. The lowest BCUT2D eigenvalue weighted by molar-refractivity contribution is -0.121. The predicted molar refractivity (Wildman–Crippen MR) is 74.6 cm³/mol. The maximum Gasteiger partial charge on any atom is 0.120 e. The number of ether oxygens (including phenoxy) is 2. The minimum absolute atomic E-state index is 0.0132. The van der Waals surface area contributed by atoms with Gasteiger partial charge in [-0.05, 0) is 18.2 Å². The van der Waals surface area contributed by atoms with Crippen molar-refractivity contribution in [2.45, 2.75) is 0 Å². The molecule has 2 rings (SSSR count). The van der Waals surface area contributed by atoms with Crippen LogP contribution < -0.4 is 4.74 Å². The first-order valence-corrected chi connectivity index (χ1v) is 7.42. The summed E-state index contributed by atoms with van der Waals surface area (Å²) in [4.78, 5) is 0. The van der Waals surface area contributed by atoms with E-state index in [0.717, 1.165) is 17.3 Å². The van der Waals surface area contributed by atoms with Crippen LogP contribution >= 0.6 is 23.4 Å². The van der Waals surface area contributed by atoms with Crippen LogP contribution in [0.25, 0.3) is 0 Å². The zero-order valence-electron chi connectivity index (χ0n) is 10.1. The van der Waals surface area contributed by atoms with Gasteiger partial charge in [-0.1, -0.05) is 17.7 Å². The van der Waals surface area contributed by atoms with Crippen LogP contribution in [0, 0.1) is 5.41 Å². The fraction of sp³-hybridized carbons (Fsp3) is 0.538. The van der Waals surface area contributed by atoms with Gasteiger partial charge >= 0.3 is 0 Å². The molecule has 0 amide bonds. The highest BCUT2D eigenvalue weighted by Gasteiger charge is 2.37. The molecule has 0 aliphatic carbocycles. The standard InChI is InChI=1S/C13H17ClO3S/c14-11-2-1-3-12(6-11)17-4-5-18-10-13(7-15)8-16-9-13/h1-3,6,15H,4-5,7-10H2. The molecule has 100 valence electrons. The van der Waals surface area contributed by atoms with Crippen LogP contribution in [0.4, 0.5) is 0 Å². The molecule has 1 aromatic rings. The SMILES string of the molecule is OCC1(CSCCOc2cccc(Cl)c2)COC1.